The highest BCUT2D eigenvalue weighted by atomic mass is 79.9. The first kappa shape index (κ1) is 25.1. The summed E-state index contributed by atoms with van der Waals surface area (Å²) in [5.74, 6) is -0.119. The molecule has 0 aliphatic heterocycles. The highest BCUT2D eigenvalue weighted by Gasteiger charge is 2.23. The summed E-state index contributed by atoms with van der Waals surface area (Å²) in [6, 6.07) is 9.98. The second kappa shape index (κ2) is 11.6. The zero-order chi connectivity index (χ0) is 24.7. The number of amides is 2. The van der Waals surface area contributed by atoms with Gasteiger partial charge in [-0.05, 0) is 51.2 Å². The number of fused-ring (bicyclic) bond motifs is 1. The van der Waals surface area contributed by atoms with Gasteiger partial charge in [0.2, 0.25) is 0 Å². The molecule has 1 heterocycles. The van der Waals surface area contributed by atoms with E-state index < -0.39 is 18.0 Å². The molecule has 2 amide bonds. The summed E-state index contributed by atoms with van der Waals surface area (Å²) >= 11 is 3.24. The lowest BCUT2D eigenvalue weighted by Gasteiger charge is -2.17. The van der Waals surface area contributed by atoms with Gasteiger partial charge in [0.1, 0.15) is 6.04 Å². The molecule has 0 unspecified atom stereocenters. The first-order chi connectivity index (χ1) is 16.3. The molecule has 10 heteroatoms. The standard InChI is InChI=1S/C24H27BrN4O5/c1-14(2)13-34-24(32)28-20(10-16-12-26-19-7-5-4-6-17(16)19)23(31)29-27-11-15-8-18(25)22(30)21(9-15)33-3/h4-9,11-12,14,20,26,30H,10,13H2,1-3H3,(H,28,32)(H,29,31)/b27-11-/t20-/m0/s1. The van der Waals surface area contributed by atoms with Crippen molar-refractivity contribution in [3.05, 3.63) is 58.2 Å². The summed E-state index contributed by atoms with van der Waals surface area (Å²) < 4.78 is 10.7. The first-order valence-corrected chi connectivity index (χ1v) is 11.5. The number of aromatic hydroxyl groups is 1. The molecule has 0 aliphatic rings. The molecule has 0 aliphatic carbocycles. The number of hydrogen-bond acceptors (Lipinski definition) is 6. The summed E-state index contributed by atoms with van der Waals surface area (Å²) in [6.07, 6.45) is 2.78. The second-order valence-corrected chi connectivity index (χ2v) is 8.90. The molecule has 2 aromatic carbocycles. The Balaban J connectivity index is 1.75. The zero-order valence-electron chi connectivity index (χ0n) is 19.1. The van der Waals surface area contributed by atoms with Gasteiger partial charge < -0.3 is 24.9 Å². The fourth-order valence-corrected chi connectivity index (χ4v) is 3.69. The van der Waals surface area contributed by atoms with Gasteiger partial charge in [0.25, 0.3) is 5.91 Å². The van der Waals surface area contributed by atoms with Gasteiger partial charge in [0.15, 0.2) is 11.5 Å². The molecule has 0 spiro atoms. The van der Waals surface area contributed by atoms with Crippen LogP contribution >= 0.6 is 15.9 Å². The van der Waals surface area contributed by atoms with Crippen molar-refractivity contribution < 1.29 is 24.2 Å². The number of methoxy groups -OCH3 is 1. The number of para-hydroxylation sites is 1. The molecule has 0 radical (unpaired) electrons. The van der Waals surface area contributed by atoms with Gasteiger partial charge in [0, 0.05) is 23.5 Å². The number of aromatic amines is 1. The maximum atomic E-state index is 12.9. The Bertz CT molecular complexity index is 1190. The average molecular weight is 531 g/mol. The Morgan fingerprint density at radius 3 is 2.76 bits per heavy atom. The second-order valence-electron chi connectivity index (χ2n) is 8.04. The summed E-state index contributed by atoms with van der Waals surface area (Å²) in [5.41, 5.74) is 4.85. The van der Waals surface area contributed by atoms with E-state index in [0.717, 1.165) is 16.5 Å². The van der Waals surface area contributed by atoms with Gasteiger partial charge in [-0.15, -0.1) is 0 Å². The monoisotopic (exact) mass is 530 g/mol. The number of hydrazone groups is 1. The number of carbonyl (C=O) groups is 2. The molecule has 1 atom stereocenters. The van der Waals surface area contributed by atoms with Crippen LogP contribution in [0.4, 0.5) is 4.79 Å². The van der Waals surface area contributed by atoms with Crippen molar-refractivity contribution in [2.75, 3.05) is 13.7 Å². The molecule has 0 saturated carbocycles. The van der Waals surface area contributed by atoms with E-state index in [4.69, 9.17) is 9.47 Å². The lowest BCUT2D eigenvalue weighted by molar-refractivity contribution is -0.123. The molecular formula is C24H27BrN4O5. The Morgan fingerprint density at radius 1 is 1.26 bits per heavy atom. The maximum Gasteiger partial charge on any atom is 0.407 e. The molecule has 0 saturated heterocycles. The molecule has 9 nitrogen and oxygen atoms in total. The van der Waals surface area contributed by atoms with Crippen molar-refractivity contribution in [2.45, 2.75) is 26.3 Å². The fourth-order valence-electron chi connectivity index (χ4n) is 3.23. The van der Waals surface area contributed by atoms with Crippen LogP contribution in [0.5, 0.6) is 11.5 Å². The number of nitrogens with zero attached hydrogens (tertiary/aromatic N) is 1. The summed E-state index contributed by atoms with van der Waals surface area (Å²) in [5, 5.41) is 17.5. The van der Waals surface area contributed by atoms with Crippen molar-refractivity contribution >= 4 is 45.0 Å². The SMILES string of the molecule is COc1cc(/C=N\NC(=O)[C@H](Cc2c[nH]c3ccccc23)NC(=O)OCC(C)C)cc(Br)c1O. The molecular weight excluding hydrogens is 504 g/mol. The van der Waals surface area contributed by atoms with E-state index in [1.807, 2.05) is 44.3 Å². The normalized spacial score (nSPS) is 12.1. The van der Waals surface area contributed by atoms with Crippen LogP contribution in [0.25, 0.3) is 10.9 Å². The highest BCUT2D eigenvalue weighted by Crippen LogP contribution is 2.34. The number of nitrogens with one attached hydrogen (secondary N) is 3. The van der Waals surface area contributed by atoms with Crippen molar-refractivity contribution in [3.8, 4) is 11.5 Å². The number of carbonyl (C=O) groups excluding carboxylic acids is 2. The first-order valence-electron chi connectivity index (χ1n) is 10.7. The van der Waals surface area contributed by atoms with E-state index in [0.29, 0.717) is 10.0 Å². The third-order valence-corrected chi connectivity index (χ3v) is 5.52. The molecule has 180 valence electrons. The third kappa shape index (κ3) is 6.50. The van der Waals surface area contributed by atoms with Gasteiger partial charge in [-0.25, -0.2) is 10.2 Å². The Kier molecular flexibility index (Phi) is 8.53. The van der Waals surface area contributed by atoms with Crippen LogP contribution in [0.3, 0.4) is 0 Å². The largest absolute Gasteiger partial charge is 0.503 e. The van der Waals surface area contributed by atoms with E-state index in [1.54, 1.807) is 12.1 Å². The summed E-state index contributed by atoms with van der Waals surface area (Å²) in [4.78, 5) is 28.4. The number of phenolic OH excluding ortho intramolecular Hbond substituents is 1. The van der Waals surface area contributed by atoms with Crippen LogP contribution in [0, 0.1) is 5.92 Å². The molecule has 4 N–H and O–H groups in total. The van der Waals surface area contributed by atoms with Gasteiger partial charge in [-0.2, -0.15) is 5.10 Å². The van der Waals surface area contributed by atoms with Gasteiger partial charge in [0.05, 0.1) is 24.4 Å². The quantitative estimate of drug-likeness (QED) is 0.245. The number of hydrogen-bond donors (Lipinski definition) is 4. The van der Waals surface area contributed by atoms with E-state index >= 15 is 0 Å². The highest BCUT2D eigenvalue weighted by molar-refractivity contribution is 9.10. The Morgan fingerprint density at radius 2 is 2.03 bits per heavy atom. The molecule has 0 fully saturated rings. The lowest BCUT2D eigenvalue weighted by Crippen LogP contribution is -2.47. The minimum Gasteiger partial charge on any atom is -0.503 e. The predicted octanol–water partition coefficient (Wildman–Crippen LogP) is 4.09. The molecule has 3 rings (SSSR count). The van der Waals surface area contributed by atoms with Crippen LogP contribution in [-0.4, -0.2) is 48.1 Å². The van der Waals surface area contributed by atoms with Crippen molar-refractivity contribution in [1.82, 2.24) is 15.7 Å². The zero-order valence-corrected chi connectivity index (χ0v) is 20.7. The van der Waals surface area contributed by atoms with Crippen LogP contribution in [0.15, 0.2) is 52.2 Å². The number of rotatable bonds is 9. The number of aromatic nitrogens is 1. The van der Waals surface area contributed by atoms with E-state index in [1.165, 1.54) is 13.3 Å². The summed E-state index contributed by atoms with van der Waals surface area (Å²) in [7, 11) is 1.43. The number of alkyl carbamates (subject to hydrolysis) is 1. The molecule has 34 heavy (non-hydrogen) atoms. The van der Waals surface area contributed by atoms with Crippen LogP contribution in [-0.2, 0) is 16.0 Å². The molecule has 1 aromatic heterocycles. The van der Waals surface area contributed by atoms with Crippen LogP contribution in [0.1, 0.15) is 25.0 Å². The van der Waals surface area contributed by atoms with Crippen molar-refractivity contribution in [1.29, 1.82) is 0 Å². The summed E-state index contributed by atoms with van der Waals surface area (Å²) in [6.45, 7) is 4.09. The average Bonchev–Trinajstić information content (AvgIpc) is 3.22. The third-order valence-electron chi connectivity index (χ3n) is 4.91. The minimum absolute atomic E-state index is 0.0356. The fraction of sp³-hybridized carbons (Fsp3) is 0.292. The number of halogens is 1. The number of ether oxygens (including phenoxy) is 2. The van der Waals surface area contributed by atoms with E-state index in [2.05, 4.69) is 36.8 Å². The number of benzene rings is 2. The van der Waals surface area contributed by atoms with Gasteiger partial charge in [-0.1, -0.05) is 32.0 Å². The number of phenols is 1. The maximum absolute atomic E-state index is 12.9. The van der Waals surface area contributed by atoms with Crippen molar-refractivity contribution in [3.63, 3.8) is 0 Å². The Hall–Kier alpha value is -3.53. The van der Waals surface area contributed by atoms with Crippen LogP contribution < -0.4 is 15.5 Å². The van der Waals surface area contributed by atoms with Gasteiger partial charge in [-0.3, -0.25) is 4.79 Å². The Labute approximate surface area is 205 Å². The van der Waals surface area contributed by atoms with Crippen molar-refractivity contribution in [2.24, 2.45) is 11.0 Å². The molecule has 0 bridgehead atoms. The number of H-pyrrole nitrogens is 1. The topological polar surface area (TPSA) is 125 Å². The smallest absolute Gasteiger partial charge is 0.407 e. The lowest BCUT2D eigenvalue weighted by atomic mass is 10.0. The van der Waals surface area contributed by atoms with Gasteiger partial charge >= 0.3 is 6.09 Å². The predicted molar refractivity (Wildman–Crippen MR) is 133 cm³/mol. The molecule has 3 aromatic rings. The van der Waals surface area contributed by atoms with E-state index in [-0.39, 0.29) is 30.4 Å². The van der Waals surface area contributed by atoms with E-state index in [9.17, 15) is 14.7 Å². The van der Waals surface area contributed by atoms with Crippen LogP contribution in [0.2, 0.25) is 0 Å². The minimum atomic E-state index is -0.919.